The van der Waals surface area contributed by atoms with E-state index in [2.05, 4.69) is 59.8 Å². The van der Waals surface area contributed by atoms with Crippen LogP contribution < -0.4 is 5.32 Å². The Kier molecular flexibility index (Phi) is 10.3. The Morgan fingerprint density at radius 2 is 1.65 bits per heavy atom. The van der Waals surface area contributed by atoms with Crippen LogP contribution in [0.3, 0.4) is 0 Å². The third-order valence-corrected chi connectivity index (χ3v) is 18.0. The van der Waals surface area contributed by atoms with Crippen LogP contribution in [0.4, 0.5) is 0 Å². The zero-order valence-electron chi connectivity index (χ0n) is 33.2. The van der Waals surface area contributed by atoms with E-state index in [-0.39, 0.29) is 44.8 Å². The number of allylic oxidation sites excluding steroid dienone is 2. The van der Waals surface area contributed by atoms with Crippen molar-refractivity contribution in [2.24, 2.45) is 50.2 Å². The van der Waals surface area contributed by atoms with E-state index in [1.165, 1.54) is 5.57 Å². The molecule has 6 rings (SSSR count). The fourth-order valence-corrected chi connectivity index (χ4v) is 13.6. The zero-order chi connectivity index (χ0) is 38.3. The minimum Gasteiger partial charge on any atom is -0.481 e. The fraction of sp³-hybridized carbons (Fsp3) is 0.750. The summed E-state index contributed by atoms with van der Waals surface area (Å²) in [5.41, 5.74) is 2.12. The highest BCUT2D eigenvalue weighted by Crippen LogP contribution is 2.78. The van der Waals surface area contributed by atoms with Gasteiger partial charge < -0.3 is 15.2 Å². The van der Waals surface area contributed by atoms with Crippen molar-refractivity contribution < 1.29 is 24.2 Å². The third kappa shape index (κ3) is 5.87. The molecule has 52 heavy (non-hydrogen) atoms. The van der Waals surface area contributed by atoms with Crippen LogP contribution in [0.15, 0.2) is 35.4 Å². The number of ether oxygens (including phenoxy) is 1. The number of halogens is 1. The van der Waals surface area contributed by atoms with Gasteiger partial charge in [0.2, 0.25) is 0 Å². The number of ketones is 1. The van der Waals surface area contributed by atoms with E-state index in [0.29, 0.717) is 24.0 Å². The first-order chi connectivity index (χ1) is 24.1. The van der Waals surface area contributed by atoms with Crippen molar-refractivity contribution >= 4 is 42.0 Å². The van der Waals surface area contributed by atoms with Gasteiger partial charge in [-0.25, -0.2) is 0 Å². The molecule has 0 heterocycles. The van der Waals surface area contributed by atoms with Crippen molar-refractivity contribution in [2.75, 3.05) is 6.54 Å². The van der Waals surface area contributed by atoms with Crippen LogP contribution in [-0.2, 0) is 25.7 Å². The Morgan fingerprint density at radius 3 is 2.31 bits per heavy atom. The minimum absolute atomic E-state index is 0.0541. The molecule has 5 aliphatic carbocycles. The molecule has 0 aromatic heterocycles. The number of carbonyl (C=O) groups is 3. The first kappa shape index (κ1) is 39.9. The van der Waals surface area contributed by atoms with Crippen molar-refractivity contribution in [3.8, 4) is 0 Å². The number of esters is 1. The van der Waals surface area contributed by atoms with Gasteiger partial charge in [0.25, 0.3) is 0 Å². The van der Waals surface area contributed by atoms with Crippen LogP contribution in [-0.4, -0.2) is 40.2 Å². The van der Waals surface area contributed by atoms with E-state index >= 15 is 0 Å². The Bertz CT molecular complexity index is 1650. The Morgan fingerprint density at radius 1 is 0.981 bits per heavy atom. The highest BCUT2D eigenvalue weighted by molar-refractivity contribution is 7.82. The molecule has 0 saturated heterocycles. The molecular weight excluding hydrogens is 690 g/mol. The number of hydrogen-bond donors (Lipinski definition) is 3. The van der Waals surface area contributed by atoms with Gasteiger partial charge >= 0.3 is 11.9 Å². The van der Waals surface area contributed by atoms with Crippen molar-refractivity contribution in [3.05, 3.63) is 46.0 Å². The summed E-state index contributed by atoms with van der Waals surface area (Å²) < 4.78 is 5.83. The molecule has 0 spiro atoms. The number of benzene rings is 1. The summed E-state index contributed by atoms with van der Waals surface area (Å²) in [7, 11) is 0. The molecule has 0 bridgehead atoms. The van der Waals surface area contributed by atoms with Gasteiger partial charge in [0.15, 0.2) is 5.78 Å². The summed E-state index contributed by atoms with van der Waals surface area (Å²) in [5.74, 6) is -0.0244. The van der Waals surface area contributed by atoms with Gasteiger partial charge in [-0.2, -0.15) is 12.6 Å². The van der Waals surface area contributed by atoms with Gasteiger partial charge in [0, 0.05) is 33.6 Å². The van der Waals surface area contributed by atoms with Crippen molar-refractivity contribution in [1.82, 2.24) is 5.32 Å². The van der Waals surface area contributed by atoms with Gasteiger partial charge in [-0.1, -0.05) is 83.8 Å². The minimum atomic E-state index is -1.18. The number of thiol groups is 1. The molecule has 6 nitrogen and oxygen atoms in total. The summed E-state index contributed by atoms with van der Waals surface area (Å²) in [6.07, 6.45) is 9.14. The normalized spacial score (nSPS) is 38.3. The molecular formula is C44H64ClNO5S. The highest BCUT2D eigenvalue weighted by Gasteiger charge is 2.73. The van der Waals surface area contributed by atoms with E-state index < -0.39 is 22.8 Å². The molecule has 1 aromatic carbocycles. The monoisotopic (exact) mass is 753 g/mol. The predicted molar refractivity (Wildman–Crippen MR) is 211 cm³/mol. The van der Waals surface area contributed by atoms with Gasteiger partial charge in [-0.3, -0.25) is 14.4 Å². The second-order valence-electron chi connectivity index (χ2n) is 19.8. The van der Waals surface area contributed by atoms with E-state index in [4.69, 9.17) is 29.0 Å². The molecule has 4 fully saturated rings. The van der Waals surface area contributed by atoms with Gasteiger partial charge in [0.1, 0.15) is 6.10 Å². The van der Waals surface area contributed by atoms with Crippen LogP contribution in [0.5, 0.6) is 0 Å². The molecule has 8 heteroatoms. The summed E-state index contributed by atoms with van der Waals surface area (Å²) in [6, 6.07) is 8.01. The van der Waals surface area contributed by atoms with Crippen LogP contribution in [0.1, 0.15) is 139 Å². The molecule has 5 aliphatic rings. The van der Waals surface area contributed by atoms with Gasteiger partial charge in [0.05, 0.1) is 11.8 Å². The number of nitrogens with one attached hydrogen (secondary N) is 1. The summed E-state index contributed by atoms with van der Waals surface area (Å²) in [6.45, 7) is 21.3. The molecule has 1 aromatic rings. The Balaban J connectivity index is 1.27. The molecule has 4 saturated carbocycles. The number of fused-ring (bicyclic) bond motifs is 7. The second kappa shape index (κ2) is 13.4. The van der Waals surface area contributed by atoms with Crippen molar-refractivity contribution in [3.63, 3.8) is 0 Å². The lowest BCUT2D eigenvalue weighted by Crippen LogP contribution is -2.71. The summed E-state index contributed by atoms with van der Waals surface area (Å²) in [4.78, 5) is 39.0. The molecule has 0 radical (unpaired) electrons. The zero-order valence-corrected chi connectivity index (χ0v) is 34.9. The van der Waals surface area contributed by atoms with E-state index in [1.54, 1.807) is 13.8 Å². The SMILES string of the molecule is CC(C)C1=C2[C@H]3CC[C@@H]4[C@@]5(C)CC[C@H](OC(=O)CC(C)(C)C(=O)O)C(C)(C)C5(S)CC[C@@]4(C)[C@]3(C)CC[C@@]2(CCNCc2ccccc2Cl)CC1=O. The standard InChI is InChI=1S/C44H64ClNO5S/c1-27(2)35-31(47)24-43(22-23-46-26-28-12-10-11-13-30(28)45)20-18-40(7)29(36(35)43)14-15-32-41(40,8)19-21-44(52)39(5,6)33(16-17-42(32,44)9)51-34(48)25-38(3,4)37(49)50/h10-13,27,29,32-33,46,52H,14-26H2,1-9H3,(H,49,50)/t29-,32+,33+,40-,41-,42-,43-,44?/m1/s1. The van der Waals surface area contributed by atoms with Gasteiger partial charge in [-0.15, -0.1) is 0 Å². The van der Waals surface area contributed by atoms with Crippen LogP contribution >= 0.6 is 24.2 Å². The number of Topliss-reactive ketones (excluding diaryl/α,β-unsaturated/α-hetero) is 1. The topological polar surface area (TPSA) is 92.7 Å². The average Bonchev–Trinajstić information content (AvgIpc) is 3.35. The molecule has 2 N–H and O–H groups in total. The predicted octanol–water partition coefficient (Wildman–Crippen LogP) is 10.3. The number of rotatable bonds is 10. The van der Waals surface area contributed by atoms with Gasteiger partial charge in [-0.05, 0) is 129 Å². The van der Waals surface area contributed by atoms with E-state index in [1.807, 2.05) is 18.2 Å². The third-order valence-electron chi connectivity index (χ3n) is 16.3. The maximum absolute atomic E-state index is 14.0. The highest BCUT2D eigenvalue weighted by atomic mass is 35.5. The number of hydrogen-bond acceptors (Lipinski definition) is 6. The molecule has 288 valence electrons. The fourth-order valence-electron chi connectivity index (χ4n) is 12.9. The lowest BCUT2D eigenvalue weighted by atomic mass is 9.32. The largest absolute Gasteiger partial charge is 0.481 e. The number of aliphatic carboxylic acids is 1. The van der Waals surface area contributed by atoms with Crippen LogP contribution in [0, 0.1) is 50.2 Å². The smallest absolute Gasteiger partial charge is 0.309 e. The van der Waals surface area contributed by atoms with Crippen molar-refractivity contribution in [2.45, 2.75) is 150 Å². The van der Waals surface area contributed by atoms with E-state index in [0.717, 1.165) is 87.0 Å². The maximum atomic E-state index is 14.0. The van der Waals surface area contributed by atoms with Crippen molar-refractivity contribution in [1.29, 1.82) is 0 Å². The lowest BCUT2D eigenvalue weighted by Gasteiger charge is -2.74. The number of carboxylic acid groups (broad SMARTS) is 1. The summed E-state index contributed by atoms with van der Waals surface area (Å²) >= 11 is 12.2. The molecule has 0 amide bonds. The second-order valence-corrected chi connectivity index (χ2v) is 21.0. The van der Waals surface area contributed by atoms with Crippen LogP contribution in [0.25, 0.3) is 0 Å². The quantitative estimate of drug-likeness (QED) is 0.125. The Labute approximate surface area is 323 Å². The maximum Gasteiger partial charge on any atom is 0.309 e. The number of carboxylic acids is 1. The molecule has 8 atom stereocenters. The first-order valence-corrected chi connectivity index (χ1v) is 20.8. The number of carbonyl (C=O) groups excluding carboxylic acids is 2. The average molecular weight is 755 g/mol. The first-order valence-electron chi connectivity index (χ1n) is 20.0. The van der Waals surface area contributed by atoms with Crippen LogP contribution in [0.2, 0.25) is 5.02 Å². The Hall–Kier alpha value is -1.83. The van der Waals surface area contributed by atoms with E-state index in [9.17, 15) is 19.5 Å². The molecule has 1 unspecified atom stereocenters. The molecule has 0 aliphatic heterocycles. The lowest BCUT2D eigenvalue weighted by molar-refractivity contribution is -0.221. The summed E-state index contributed by atoms with van der Waals surface area (Å²) in [5, 5.41) is 14.1.